The van der Waals surface area contributed by atoms with Gasteiger partial charge in [0, 0.05) is 0 Å². The number of hydrogen-bond donors (Lipinski definition) is 0. The molecule has 0 amide bonds. The second kappa shape index (κ2) is 45.9. The lowest BCUT2D eigenvalue weighted by Gasteiger charge is -2.17. The molecular formula is C51H98. The van der Waals surface area contributed by atoms with Gasteiger partial charge in [-0.2, -0.15) is 0 Å². The van der Waals surface area contributed by atoms with Gasteiger partial charge >= 0.3 is 0 Å². The molecule has 0 N–H and O–H groups in total. The summed E-state index contributed by atoms with van der Waals surface area (Å²) in [6.45, 7) is 52.3. The predicted octanol–water partition coefficient (Wildman–Crippen LogP) is 18.4. The Hall–Kier alpha value is -2.08. The summed E-state index contributed by atoms with van der Waals surface area (Å²) in [6, 6.07) is 11.5. The zero-order valence-corrected chi connectivity index (χ0v) is 39.4. The molecule has 51 heavy (non-hydrogen) atoms. The van der Waals surface area contributed by atoms with Crippen LogP contribution in [-0.2, 0) is 25.7 Å². The van der Waals surface area contributed by atoms with Crippen molar-refractivity contribution >= 4 is 0 Å². The smallest absolute Gasteiger partial charge is 0.0127 e. The molecule has 2 aromatic rings. The van der Waals surface area contributed by atoms with Crippen LogP contribution in [0, 0.1) is 19.8 Å². The lowest BCUT2D eigenvalue weighted by atomic mass is 9.88. The predicted molar refractivity (Wildman–Crippen MR) is 246 cm³/mol. The molecule has 0 spiro atoms. The molecule has 302 valence electrons. The molecule has 0 aliphatic carbocycles. The first kappa shape index (κ1) is 61.0. The first-order valence-corrected chi connectivity index (χ1v) is 21.7. The number of rotatable bonds is 13. The first-order chi connectivity index (χ1) is 24.2. The average molecular weight is 711 g/mol. The molecule has 2 rings (SSSR count). The summed E-state index contributed by atoms with van der Waals surface area (Å²) in [5.74, 6) is 1.48. The summed E-state index contributed by atoms with van der Waals surface area (Å²) in [4.78, 5) is 0. The molecule has 0 aliphatic rings. The molecule has 0 saturated carbocycles. The number of aryl methyl sites for hydroxylation is 4. The molecule has 0 aromatic heterocycles. The summed E-state index contributed by atoms with van der Waals surface area (Å²) >= 11 is 0. The van der Waals surface area contributed by atoms with E-state index in [1.807, 2.05) is 55.4 Å². The summed E-state index contributed by atoms with van der Waals surface area (Å²) < 4.78 is 0. The third kappa shape index (κ3) is 39.0. The van der Waals surface area contributed by atoms with E-state index in [4.69, 9.17) is 0 Å². The largest absolute Gasteiger partial charge is 0.100 e. The maximum atomic E-state index is 4.03. The van der Waals surface area contributed by atoms with Gasteiger partial charge < -0.3 is 0 Å². The van der Waals surface area contributed by atoms with Crippen LogP contribution in [0.15, 0.2) is 54.6 Å². The van der Waals surface area contributed by atoms with Gasteiger partial charge in [-0.05, 0) is 124 Å². The third-order valence-corrected chi connectivity index (χ3v) is 7.51. The summed E-state index contributed by atoms with van der Waals surface area (Å²) in [7, 11) is 0. The lowest BCUT2D eigenvalue weighted by molar-refractivity contribution is 0.656. The highest BCUT2D eigenvalue weighted by Crippen LogP contribution is 2.28. The van der Waals surface area contributed by atoms with Crippen molar-refractivity contribution in [3.63, 3.8) is 0 Å². The number of unbranched alkanes of at least 4 members (excludes halogenated alkanes) is 4. The number of benzene rings is 2. The molecule has 0 nitrogen and oxygen atoms in total. The van der Waals surface area contributed by atoms with E-state index in [-0.39, 0.29) is 0 Å². The van der Waals surface area contributed by atoms with Crippen molar-refractivity contribution in [3.8, 4) is 0 Å². The molecular weight excluding hydrogens is 613 g/mol. The number of hydrogen-bond acceptors (Lipinski definition) is 0. The third-order valence-electron chi connectivity index (χ3n) is 7.51. The van der Waals surface area contributed by atoms with Gasteiger partial charge in [-0.25, -0.2) is 0 Å². The van der Waals surface area contributed by atoms with Gasteiger partial charge in [0.2, 0.25) is 0 Å². The van der Waals surface area contributed by atoms with Crippen LogP contribution in [0.5, 0.6) is 0 Å². The van der Waals surface area contributed by atoms with Crippen LogP contribution in [0.25, 0.3) is 0 Å². The molecule has 0 heterocycles. The SMILES string of the molecule is C=C(C)C.C=C(C)C[C@H](CC)c1ccc(C)c(CC)c1.CC.CC.CC.CC(C)C.CCCCCCC.CCCc1ccc(C)c(CC)c1CC. The maximum absolute atomic E-state index is 4.03. The van der Waals surface area contributed by atoms with Crippen LogP contribution < -0.4 is 0 Å². The average Bonchev–Trinajstić information content (AvgIpc) is 3.11. The molecule has 0 fully saturated rings. The highest BCUT2D eigenvalue weighted by atomic mass is 14.2. The molecule has 0 saturated heterocycles. The van der Waals surface area contributed by atoms with Crippen molar-refractivity contribution in [3.05, 3.63) is 93.6 Å². The normalized spacial score (nSPS) is 9.69. The first-order valence-electron chi connectivity index (χ1n) is 21.7. The lowest BCUT2D eigenvalue weighted by Crippen LogP contribution is -2.00. The van der Waals surface area contributed by atoms with Gasteiger partial charge in [0.15, 0.2) is 0 Å². The van der Waals surface area contributed by atoms with Crippen molar-refractivity contribution < 1.29 is 0 Å². The fraction of sp³-hybridized carbons (Fsp3) is 0.686. The zero-order chi connectivity index (χ0) is 41.4. The highest BCUT2D eigenvalue weighted by Gasteiger charge is 2.11. The Morgan fingerprint density at radius 1 is 0.569 bits per heavy atom. The van der Waals surface area contributed by atoms with E-state index in [1.54, 1.807) is 16.7 Å². The van der Waals surface area contributed by atoms with Gasteiger partial charge in [-0.15, -0.1) is 13.2 Å². The molecule has 0 bridgehead atoms. The van der Waals surface area contributed by atoms with Crippen LogP contribution >= 0.6 is 0 Å². The van der Waals surface area contributed by atoms with Crippen LogP contribution in [0.4, 0.5) is 0 Å². The summed E-state index contributed by atoms with van der Waals surface area (Å²) in [5, 5.41) is 0. The molecule has 0 heteroatoms. The van der Waals surface area contributed by atoms with Gasteiger partial charge in [-0.1, -0.05) is 191 Å². The Bertz CT molecular complexity index is 992. The van der Waals surface area contributed by atoms with Gasteiger partial charge in [0.25, 0.3) is 0 Å². The van der Waals surface area contributed by atoms with Crippen LogP contribution in [0.3, 0.4) is 0 Å². The topological polar surface area (TPSA) is 0 Å². The Labute approximate surface area is 326 Å². The van der Waals surface area contributed by atoms with E-state index >= 15 is 0 Å². The van der Waals surface area contributed by atoms with Crippen LogP contribution in [-0.4, -0.2) is 0 Å². The number of allylic oxidation sites excluding steroid dienone is 2. The second-order valence-corrected chi connectivity index (χ2v) is 13.8. The minimum atomic E-state index is 0.642. The Morgan fingerprint density at radius 3 is 1.33 bits per heavy atom. The van der Waals surface area contributed by atoms with Crippen molar-refractivity contribution in [1.29, 1.82) is 0 Å². The minimum Gasteiger partial charge on any atom is -0.100 e. The quantitative estimate of drug-likeness (QED) is 0.143. The van der Waals surface area contributed by atoms with E-state index in [1.165, 1.54) is 97.6 Å². The van der Waals surface area contributed by atoms with Gasteiger partial charge in [0.05, 0.1) is 0 Å². The fourth-order valence-electron chi connectivity index (χ4n) is 5.22. The Balaban J connectivity index is -0.000000131. The molecule has 0 aliphatic heterocycles. The van der Waals surface area contributed by atoms with Crippen LogP contribution in [0.2, 0.25) is 0 Å². The van der Waals surface area contributed by atoms with Crippen molar-refractivity contribution in [1.82, 2.24) is 0 Å². The minimum absolute atomic E-state index is 0.642. The standard InChI is InChI=1S/C16H24.C14H22.C7H16.C4H10.C4H8.3C2H6/c1-6-14-11-16(9-8-13(14)5)15(7-2)10-12(3)4;1-5-8-12-10-9-11(4)13(6-2)14(12)7-3;1-3-5-7-6-4-2;2*1-4(2)3;3*1-2/h8-9,11,15H,3,6-7,10H2,1-2,4-5H3;9-10H,5-8H2,1-4H3;3-7H2,1-2H3;4H,1-3H3;1H2,2-3H3;3*1-2H3/t15-;;;;;;;/m0......./s1. The molecule has 0 radical (unpaired) electrons. The van der Waals surface area contributed by atoms with Gasteiger partial charge in [-0.3, -0.25) is 0 Å². The molecule has 1 atom stereocenters. The monoisotopic (exact) mass is 711 g/mol. The van der Waals surface area contributed by atoms with Crippen LogP contribution in [0.1, 0.15) is 228 Å². The summed E-state index contributed by atoms with van der Waals surface area (Å²) in [6.07, 6.45) is 15.3. The van der Waals surface area contributed by atoms with E-state index in [0.717, 1.165) is 18.8 Å². The van der Waals surface area contributed by atoms with E-state index in [2.05, 4.69) is 133 Å². The van der Waals surface area contributed by atoms with E-state index in [0.29, 0.717) is 5.92 Å². The van der Waals surface area contributed by atoms with Gasteiger partial charge in [0.1, 0.15) is 0 Å². The van der Waals surface area contributed by atoms with Crippen molar-refractivity contribution in [2.24, 2.45) is 5.92 Å². The van der Waals surface area contributed by atoms with E-state index < -0.39 is 0 Å². The second-order valence-electron chi connectivity index (χ2n) is 13.8. The Morgan fingerprint density at radius 2 is 1.00 bits per heavy atom. The fourth-order valence-corrected chi connectivity index (χ4v) is 5.22. The maximum Gasteiger partial charge on any atom is -0.0127 e. The van der Waals surface area contributed by atoms with Crippen molar-refractivity contribution in [2.45, 2.75) is 228 Å². The van der Waals surface area contributed by atoms with E-state index in [9.17, 15) is 0 Å². The summed E-state index contributed by atoms with van der Waals surface area (Å²) in [5.41, 5.74) is 13.0. The van der Waals surface area contributed by atoms with Crippen molar-refractivity contribution in [2.75, 3.05) is 0 Å². The zero-order valence-electron chi connectivity index (χ0n) is 39.4. The Kier molecular flexibility index (Phi) is 54.9. The highest BCUT2D eigenvalue weighted by molar-refractivity contribution is 5.41. The molecule has 2 aromatic carbocycles. The molecule has 0 unspecified atom stereocenters.